The minimum Gasteiger partial charge on any atom is -0.481 e. The lowest BCUT2D eigenvalue weighted by molar-refractivity contribution is -0.141. The van der Waals surface area contributed by atoms with Gasteiger partial charge in [0.2, 0.25) is 0 Å². The Morgan fingerprint density at radius 1 is 1.50 bits per heavy atom. The van der Waals surface area contributed by atoms with Gasteiger partial charge < -0.3 is 10.8 Å². The van der Waals surface area contributed by atoms with E-state index in [0.717, 1.165) is 13.0 Å². The van der Waals surface area contributed by atoms with Gasteiger partial charge in [0.15, 0.2) is 0 Å². The first-order chi connectivity index (χ1) is 8.61. The topological polar surface area (TPSA) is 66.6 Å². The fourth-order valence-corrected chi connectivity index (χ4v) is 2.56. The molecule has 4 heteroatoms. The van der Waals surface area contributed by atoms with Crippen LogP contribution in [0.5, 0.6) is 0 Å². The average molecular weight is 248 g/mol. The molecule has 18 heavy (non-hydrogen) atoms. The molecule has 0 radical (unpaired) electrons. The Hall–Kier alpha value is -1.39. The quantitative estimate of drug-likeness (QED) is 0.845. The van der Waals surface area contributed by atoms with Crippen LogP contribution in [0, 0.1) is 12.8 Å². The predicted octanol–water partition coefficient (Wildman–Crippen LogP) is 1.40. The third-order valence-corrected chi connectivity index (χ3v) is 3.70. The minimum absolute atomic E-state index is 0.134. The van der Waals surface area contributed by atoms with E-state index >= 15 is 0 Å². The summed E-state index contributed by atoms with van der Waals surface area (Å²) in [4.78, 5) is 13.2. The van der Waals surface area contributed by atoms with Crippen molar-refractivity contribution >= 4 is 5.97 Å². The molecule has 4 nitrogen and oxygen atoms in total. The highest BCUT2D eigenvalue weighted by Gasteiger charge is 2.32. The number of likely N-dealkylation sites (tertiary alicyclic amines) is 1. The third kappa shape index (κ3) is 2.71. The van der Waals surface area contributed by atoms with Crippen LogP contribution >= 0.6 is 0 Å². The fourth-order valence-electron chi connectivity index (χ4n) is 2.56. The number of carboxylic acid groups (broad SMARTS) is 1. The molecule has 0 unspecified atom stereocenters. The van der Waals surface area contributed by atoms with Crippen molar-refractivity contribution < 1.29 is 9.90 Å². The van der Waals surface area contributed by atoms with Crippen molar-refractivity contribution in [3.05, 3.63) is 35.4 Å². The number of aryl methyl sites for hydroxylation is 1. The summed E-state index contributed by atoms with van der Waals surface area (Å²) < 4.78 is 0. The second-order valence-corrected chi connectivity index (χ2v) is 4.98. The lowest BCUT2D eigenvalue weighted by atomic mass is 10.0. The second-order valence-electron chi connectivity index (χ2n) is 4.98. The van der Waals surface area contributed by atoms with Crippen LogP contribution in [0.25, 0.3) is 0 Å². The molecule has 1 fully saturated rings. The van der Waals surface area contributed by atoms with E-state index in [1.807, 2.05) is 0 Å². The van der Waals surface area contributed by atoms with Gasteiger partial charge in [0, 0.05) is 19.1 Å². The zero-order valence-corrected chi connectivity index (χ0v) is 10.7. The predicted molar refractivity (Wildman–Crippen MR) is 70.3 cm³/mol. The smallest absolute Gasteiger partial charge is 0.307 e. The molecule has 2 rings (SSSR count). The van der Waals surface area contributed by atoms with E-state index in [0.29, 0.717) is 13.1 Å². The molecule has 3 N–H and O–H groups in total. The maximum Gasteiger partial charge on any atom is 0.307 e. The van der Waals surface area contributed by atoms with Gasteiger partial charge in [0.1, 0.15) is 0 Å². The van der Waals surface area contributed by atoms with Crippen LogP contribution in [0.15, 0.2) is 24.3 Å². The third-order valence-electron chi connectivity index (χ3n) is 3.70. The van der Waals surface area contributed by atoms with Gasteiger partial charge in [-0.3, -0.25) is 9.69 Å². The van der Waals surface area contributed by atoms with Crippen LogP contribution in [0.2, 0.25) is 0 Å². The highest BCUT2D eigenvalue weighted by Crippen LogP contribution is 2.27. The zero-order chi connectivity index (χ0) is 13.1. The fraction of sp³-hybridized carbons (Fsp3) is 0.500. The number of nitrogens with two attached hydrogens (primary N) is 1. The van der Waals surface area contributed by atoms with Crippen molar-refractivity contribution in [3.8, 4) is 0 Å². The summed E-state index contributed by atoms with van der Waals surface area (Å²) in [5, 5.41) is 9.03. The Morgan fingerprint density at radius 2 is 2.17 bits per heavy atom. The number of rotatable bonds is 4. The van der Waals surface area contributed by atoms with Crippen LogP contribution < -0.4 is 5.73 Å². The Labute approximate surface area is 107 Å². The first-order valence-electron chi connectivity index (χ1n) is 6.35. The Bertz CT molecular complexity index is 416. The molecule has 0 amide bonds. The number of carboxylic acids is 1. The SMILES string of the molecule is Cc1ccc([C@H](CN)N2CC[C@@H](C(=O)O)C2)cc1. The lowest BCUT2D eigenvalue weighted by Crippen LogP contribution is -2.32. The number of benzene rings is 1. The highest BCUT2D eigenvalue weighted by molar-refractivity contribution is 5.70. The van der Waals surface area contributed by atoms with Gasteiger partial charge in [-0.2, -0.15) is 0 Å². The second kappa shape index (κ2) is 5.50. The van der Waals surface area contributed by atoms with Gasteiger partial charge in [0.05, 0.1) is 5.92 Å². The summed E-state index contributed by atoms with van der Waals surface area (Å²) in [6.45, 7) is 3.99. The maximum absolute atomic E-state index is 11.0. The van der Waals surface area contributed by atoms with Gasteiger partial charge in [-0.1, -0.05) is 29.8 Å². The molecule has 1 heterocycles. The van der Waals surface area contributed by atoms with Gasteiger partial charge in [-0.15, -0.1) is 0 Å². The molecule has 98 valence electrons. The van der Waals surface area contributed by atoms with Crippen LogP contribution in [0.1, 0.15) is 23.6 Å². The highest BCUT2D eigenvalue weighted by atomic mass is 16.4. The molecular formula is C14H20N2O2. The van der Waals surface area contributed by atoms with Crippen LogP contribution in [-0.2, 0) is 4.79 Å². The monoisotopic (exact) mass is 248 g/mol. The van der Waals surface area contributed by atoms with Crippen LogP contribution in [0.3, 0.4) is 0 Å². The van der Waals surface area contributed by atoms with Gasteiger partial charge in [-0.25, -0.2) is 0 Å². The minimum atomic E-state index is -0.697. The number of hydrogen-bond donors (Lipinski definition) is 2. The summed E-state index contributed by atoms with van der Waals surface area (Å²) >= 11 is 0. The molecule has 0 aliphatic carbocycles. The molecule has 1 aromatic carbocycles. The van der Waals surface area contributed by atoms with Gasteiger partial charge in [-0.05, 0) is 25.5 Å². The standard InChI is InChI=1S/C14H20N2O2/c1-10-2-4-11(5-3-10)13(8-15)16-7-6-12(9-16)14(17)18/h2-5,12-13H,6-9,15H2,1H3,(H,17,18)/t12-,13+/m1/s1. The van der Waals surface area contributed by atoms with E-state index in [1.165, 1.54) is 11.1 Å². The molecular weight excluding hydrogens is 228 g/mol. The maximum atomic E-state index is 11.0. The normalized spacial score (nSPS) is 22.0. The van der Waals surface area contributed by atoms with Crippen molar-refractivity contribution in [2.75, 3.05) is 19.6 Å². The number of hydrogen-bond acceptors (Lipinski definition) is 3. The summed E-state index contributed by atoms with van der Waals surface area (Å²) in [6.07, 6.45) is 0.720. The van der Waals surface area contributed by atoms with Crippen molar-refractivity contribution in [3.63, 3.8) is 0 Å². The van der Waals surface area contributed by atoms with Crippen LogP contribution in [-0.4, -0.2) is 35.6 Å². The number of aliphatic carboxylic acids is 1. The summed E-state index contributed by atoms with van der Waals surface area (Å²) in [7, 11) is 0. The largest absolute Gasteiger partial charge is 0.481 e. The molecule has 1 saturated heterocycles. The summed E-state index contributed by atoms with van der Waals surface area (Å²) in [5.41, 5.74) is 8.25. The van der Waals surface area contributed by atoms with Crippen molar-refractivity contribution in [1.82, 2.24) is 4.90 Å². The number of carbonyl (C=O) groups is 1. The summed E-state index contributed by atoms with van der Waals surface area (Å²) in [6, 6.07) is 8.45. The van der Waals surface area contributed by atoms with E-state index in [-0.39, 0.29) is 12.0 Å². The van der Waals surface area contributed by atoms with E-state index < -0.39 is 5.97 Å². The Kier molecular flexibility index (Phi) is 3.99. The zero-order valence-electron chi connectivity index (χ0n) is 10.7. The molecule has 0 aromatic heterocycles. The molecule has 2 atom stereocenters. The van der Waals surface area contributed by atoms with Crippen molar-refractivity contribution in [2.45, 2.75) is 19.4 Å². The van der Waals surface area contributed by atoms with Crippen molar-refractivity contribution in [2.24, 2.45) is 11.7 Å². The molecule has 0 spiro atoms. The Morgan fingerprint density at radius 3 is 2.67 bits per heavy atom. The first-order valence-corrected chi connectivity index (χ1v) is 6.35. The molecule has 1 aliphatic rings. The van der Waals surface area contributed by atoms with Crippen LogP contribution in [0.4, 0.5) is 0 Å². The molecule has 1 aromatic rings. The van der Waals surface area contributed by atoms with E-state index in [1.54, 1.807) is 0 Å². The van der Waals surface area contributed by atoms with Gasteiger partial charge >= 0.3 is 5.97 Å². The first kappa shape index (κ1) is 13.1. The van der Waals surface area contributed by atoms with E-state index in [2.05, 4.69) is 36.1 Å². The average Bonchev–Trinajstić information content (AvgIpc) is 2.82. The molecule has 1 aliphatic heterocycles. The van der Waals surface area contributed by atoms with E-state index in [4.69, 9.17) is 10.8 Å². The molecule has 0 saturated carbocycles. The Balaban J connectivity index is 2.10. The van der Waals surface area contributed by atoms with Gasteiger partial charge in [0.25, 0.3) is 0 Å². The van der Waals surface area contributed by atoms with E-state index in [9.17, 15) is 4.79 Å². The summed E-state index contributed by atoms with van der Waals surface area (Å²) in [5.74, 6) is -0.943. The van der Waals surface area contributed by atoms with Crippen molar-refractivity contribution in [1.29, 1.82) is 0 Å². The molecule has 0 bridgehead atoms. The lowest BCUT2D eigenvalue weighted by Gasteiger charge is -2.27. The number of nitrogens with zero attached hydrogens (tertiary/aromatic N) is 1.